The second-order valence-electron chi connectivity index (χ2n) is 5.37. The highest BCUT2D eigenvalue weighted by molar-refractivity contribution is 7.14. The molecular weight excluding hydrogens is 288 g/mol. The summed E-state index contributed by atoms with van der Waals surface area (Å²) in [6.45, 7) is 1.11. The first-order valence-electron chi connectivity index (χ1n) is 7.18. The third-order valence-electron chi connectivity index (χ3n) is 4.01. The molecule has 1 aliphatic rings. The Balaban J connectivity index is 1.58. The van der Waals surface area contributed by atoms with Crippen molar-refractivity contribution in [1.29, 1.82) is 0 Å². The van der Waals surface area contributed by atoms with Crippen LogP contribution in [-0.4, -0.2) is 22.7 Å². The molecule has 2 heterocycles. The van der Waals surface area contributed by atoms with Crippen LogP contribution in [-0.2, 0) is 6.54 Å². The normalized spacial score (nSPS) is 23.1. The lowest BCUT2D eigenvalue weighted by atomic mass is 9.85. The lowest BCUT2D eigenvalue weighted by Crippen LogP contribution is -2.39. The van der Waals surface area contributed by atoms with Gasteiger partial charge in [0.25, 0.3) is 0 Å². The predicted octanol–water partition coefficient (Wildman–Crippen LogP) is 3.51. The van der Waals surface area contributed by atoms with Crippen molar-refractivity contribution < 1.29 is 5.11 Å². The van der Waals surface area contributed by atoms with E-state index in [-0.39, 0.29) is 0 Å². The van der Waals surface area contributed by atoms with Crippen molar-refractivity contribution in [2.75, 3.05) is 6.61 Å². The number of hydrogen-bond acceptors (Lipinski definition) is 5. The number of aliphatic hydroxyl groups excluding tert-OH is 1. The molecule has 0 radical (unpaired) electrons. The van der Waals surface area contributed by atoms with Gasteiger partial charge in [-0.15, -0.1) is 11.3 Å². The van der Waals surface area contributed by atoms with Crippen molar-refractivity contribution in [2.45, 2.75) is 38.3 Å². The van der Waals surface area contributed by atoms with Crippen LogP contribution in [0.2, 0.25) is 0 Å². The number of hydrogen-bond donors (Lipinski definition) is 2. The maximum atomic E-state index is 9.44. The van der Waals surface area contributed by atoms with Gasteiger partial charge in [0, 0.05) is 35.5 Å². The molecule has 108 valence electrons. The fourth-order valence-corrected chi connectivity index (χ4v) is 4.37. The zero-order valence-electron chi connectivity index (χ0n) is 11.4. The molecule has 0 aliphatic heterocycles. The molecule has 2 aromatic heterocycles. The minimum absolute atomic E-state index is 0.300. The average molecular weight is 308 g/mol. The largest absolute Gasteiger partial charge is 0.396 e. The number of rotatable bonds is 5. The Morgan fingerprint density at radius 2 is 2.20 bits per heavy atom. The van der Waals surface area contributed by atoms with Gasteiger partial charge in [-0.1, -0.05) is 12.8 Å². The molecule has 20 heavy (non-hydrogen) atoms. The van der Waals surface area contributed by atoms with Gasteiger partial charge in [-0.05, 0) is 30.2 Å². The van der Waals surface area contributed by atoms with E-state index in [1.54, 1.807) is 22.7 Å². The smallest absolute Gasteiger partial charge is 0.124 e. The Labute approximate surface area is 127 Å². The number of thiophene rings is 1. The van der Waals surface area contributed by atoms with Gasteiger partial charge in [-0.25, -0.2) is 4.98 Å². The summed E-state index contributed by atoms with van der Waals surface area (Å²) < 4.78 is 0. The van der Waals surface area contributed by atoms with E-state index in [0.717, 1.165) is 23.7 Å². The Bertz CT molecular complexity index is 524. The topological polar surface area (TPSA) is 45.1 Å². The van der Waals surface area contributed by atoms with Crippen LogP contribution in [0.15, 0.2) is 22.2 Å². The van der Waals surface area contributed by atoms with E-state index in [9.17, 15) is 5.11 Å². The minimum atomic E-state index is 0.300. The van der Waals surface area contributed by atoms with Gasteiger partial charge < -0.3 is 10.4 Å². The van der Waals surface area contributed by atoms with Crippen molar-refractivity contribution in [2.24, 2.45) is 5.92 Å². The maximum Gasteiger partial charge on any atom is 0.124 e. The Morgan fingerprint density at radius 3 is 3.00 bits per heavy atom. The van der Waals surface area contributed by atoms with Crippen LogP contribution in [0.1, 0.15) is 31.4 Å². The molecule has 3 nitrogen and oxygen atoms in total. The number of nitrogens with one attached hydrogen (secondary N) is 1. The summed E-state index contributed by atoms with van der Waals surface area (Å²) in [7, 11) is 0. The molecule has 1 saturated carbocycles. The van der Waals surface area contributed by atoms with Gasteiger partial charge in [0.1, 0.15) is 5.01 Å². The fraction of sp³-hybridized carbons (Fsp3) is 0.533. The summed E-state index contributed by atoms with van der Waals surface area (Å²) in [5, 5.41) is 20.5. The summed E-state index contributed by atoms with van der Waals surface area (Å²) in [6.07, 6.45) is 4.84. The number of aliphatic hydroxyl groups is 1. The van der Waals surface area contributed by atoms with Crippen molar-refractivity contribution in [1.82, 2.24) is 10.3 Å². The zero-order valence-corrected chi connectivity index (χ0v) is 13.1. The van der Waals surface area contributed by atoms with E-state index >= 15 is 0 Å². The summed E-state index contributed by atoms with van der Waals surface area (Å²) >= 11 is 3.41. The summed E-state index contributed by atoms with van der Waals surface area (Å²) in [6, 6.07) is 2.56. The fourth-order valence-electron chi connectivity index (χ4n) is 2.84. The monoisotopic (exact) mass is 308 g/mol. The first-order valence-corrected chi connectivity index (χ1v) is 9.00. The highest BCUT2D eigenvalue weighted by Crippen LogP contribution is 2.27. The average Bonchev–Trinajstić information content (AvgIpc) is 3.16. The third kappa shape index (κ3) is 3.28. The van der Waals surface area contributed by atoms with Gasteiger partial charge in [-0.2, -0.15) is 11.3 Å². The molecule has 3 rings (SSSR count). The lowest BCUT2D eigenvalue weighted by Gasteiger charge is -2.30. The van der Waals surface area contributed by atoms with E-state index in [2.05, 4.69) is 32.5 Å². The van der Waals surface area contributed by atoms with Crippen molar-refractivity contribution in [3.05, 3.63) is 27.9 Å². The van der Waals surface area contributed by atoms with Crippen molar-refractivity contribution in [3.8, 4) is 10.6 Å². The van der Waals surface area contributed by atoms with Crippen LogP contribution in [0.3, 0.4) is 0 Å². The first kappa shape index (κ1) is 14.2. The van der Waals surface area contributed by atoms with Crippen molar-refractivity contribution >= 4 is 22.7 Å². The quantitative estimate of drug-likeness (QED) is 0.888. The highest BCUT2D eigenvalue weighted by Gasteiger charge is 2.23. The van der Waals surface area contributed by atoms with Crippen LogP contribution in [0.4, 0.5) is 0 Å². The van der Waals surface area contributed by atoms with Crippen LogP contribution in [0.5, 0.6) is 0 Å². The third-order valence-corrected chi connectivity index (χ3v) is 5.63. The second-order valence-corrected chi connectivity index (χ2v) is 7.01. The molecular formula is C15H20N2OS2. The van der Waals surface area contributed by atoms with Gasteiger partial charge in [0.2, 0.25) is 0 Å². The summed E-state index contributed by atoms with van der Waals surface area (Å²) in [5.74, 6) is 0.415. The summed E-state index contributed by atoms with van der Waals surface area (Å²) in [4.78, 5) is 4.69. The van der Waals surface area contributed by atoms with Crippen LogP contribution < -0.4 is 5.32 Å². The van der Waals surface area contributed by atoms with Crippen LogP contribution >= 0.6 is 22.7 Å². The van der Waals surface area contributed by atoms with E-state index in [1.165, 1.54) is 24.8 Å². The molecule has 1 fully saturated rings. The highest BCUT2D eigenvalue weighted by atomic mass is 32.1. The molecule has 2 aromatic rings. The molecule has 0 bridgehead atoms. The zero-order chi connectivity index (χ0) is 13.8. The second kappa shape index (κ2) is 6.80. The van der Waals surface area contributed by atoms with Crippen LogP contribution in [0.25, 0.3) is 10.6 Å². The van der Waals surface area contributed by atoms with Crippen LogP contribution in [0, 0.1) is 5.92 Å². The molecule has 5 heteroatoms. The Hall–Kier alpha value is -0.750. The van der Waals surface area contributed by atoms with Gasteiger partial charge in [0.15, 0.2) is 0 Å². The standard InChI is InChI=1S/C15H20N2OS2/c18-8-11-3-1-2-4-14(11)16-7-13-10-20-15(17-13)12-5-6-19-9-12/h5-6,9-11,14,16,18H,1-4,7-8H2. The molecule has 0 amide bonds. The molecule has 1 aliphatic carbocycles. The Kier molecular flexibility index (Phi) is 4.83. The van der Waals surface area contributed by atoms with E-state index in [1.807, 2.05) is 0 Å². The van der Waals surface area contributed by atoms with E-state index in [4.69, 9.17) is 0 Å². The molecule has 2 unspecified atom stereocenters. The Morgan fingerprint density at radius 1 is 1.30 bits per heavy atom. The van der Waals surface area contributed by atoms with E-state index < -0.39 is 0 Å². The predicted molar refractivity (Wildman–Crippen MR) is 85.1 cm³/mol. The van der Waals surface area contributed by atoms with E-state index in [0.29, 0.717) is 18.6 Å². The van der Waals surface area contributed by atoms with Gasteiger partial charge >= 0.3 is 0 Å². The maximum absolute atomic E-state index is 9.44. The number of nitrogens with zero attached hydrogens (tertiary/aromatic N) is 1. The minimum Gasteiger partial charge on any atom is -0.396 e. The SMILES string of the molecule is OCC1CCCCC1NCc1csc(-c2ccsc2)n1. The molecule has 2 atom stereocenters. The lowest BCUT2D eigenvalue weighted by molar-refractivity contribution is 0.152. The first-order chi connectivity index (χ1) is 9.86. The number of thiazole rings is 1. The van der Waals surface area contributed by atoms with Gasteiger partial charge in [0.05, 0.1) is 5.69 Å². The van der Waals surface area contributed by atoms with Gasteiger partial charge in [-0.3, -0.25) is 0 Å². The molecule has 0 aromatic carbocycles. The molecule has 0 saturated heterocycles. The molecule has 0 spiro atoms. The molecule has 2 N–H and O–H groups in total. The number of aromatic nitrogens is 1. The summed E-state index contributed by atoms with van der Waals surface area (Å²) in [5.41, 5.74) is 2.33. The van der Waals surface area contributed by atoms with Crippen molar-refractivity contribution in [3.63, 3.8) is 0 Å².